The number of benzene rings is 2. The fourth-order valence-corrected chi connectivity index (χ4v) is 25.7. The first-order valence-corrected chi connectivity index (χ1v) is 30.7. The molecular weight excluding hydrogens is 775 g/mol. The standard InChI is InChI=1S/C16H17.C10H15Br.C10H16.2C4H9.CH4.ClH.Sn/c1-3-4-14-7-11-16(12-8-14)15-9-5-13(2)6-10-15;11-10-4-7-1-8(5-10)3-9(2-7)6-10;1-7-2-9-4-8(1)5-10(3-7)6-9;2*1-3-4-2;;;/h5-12H,1,3-4H2,2H3;7-9H,1-6H2;7-10H,1-6H2;2*1,3-4H2,2H3;1H4;1H;/q;;;;;;;+1/p-1. The van der Waals surface area contributed by atoms with E-state index in [1.807, 2.05) is 0 Å². The Morgan fingerprint density at radius 2 is 0.938 bits per heavy atom. The van der Waals surface area contributed by atoms with Crippen LogP contribution in [0.25, 0.3) is 11.1 Å². The van der Waals surface area contributed by atoms with E-state index in [1.54, 1.807) is 57.8 Å². The van der Waals surface area contributed by atoms with Crippen molar-refractivity contribution in [1.82, 2.24) is 0 Å². The van der Waals surface area contributed by atoms with Crippen molar-refractivity contribution in [2.24, 2.45) is 41.4 Å². The third-order valence-corrected chi connectivity index (χ3v) is 28.8. The molecule has 0 saturated heterocycles. The van der Waals surface area contributed by atoms with Crippen LogP contribution in [0.1, 0.15) is 142 Å². The Bertz CT molecular complexity index is 1130. The van der Waals surface area contributed by atoms with Crippen LogP contribution in [0, 0.1) is 48.3 Å². The van der Waals surface area contributed by atoms with Crippen LogP contribution in [-0.4, -0.2) is 21.6 Å². The molecule has 2 aromatic rings. The van der Waals surface area contributed by atoms with Gasteiger partial charge in [-0.1, -0.05) is 23.4 Å². The number of alkyl halides is 1. The second kappa shape index (κ2) is 18.2. The van der Waals surface area contributed by atoms with E-state index < -0.39 is 17.3 Å². The van der Waals surface area contributed by atoms with Gasteiger partial charge in [0.25, 0.3) is 0 Å². The van der Waals surface area contributed by atoms with E-state index in [4.69, 9.17) is 8.92 Å². The number of hydrogen-bond donors (Lipinski definition) is 0. The Morgan fingerprint density at radius 1 is 0.583 bits per heavy atom. The Hall–Kier alpha value is 0.00870. The first kappa shape index (κ1) is 39.2. The summed E-state index contributed by atoms with van der Waals surface area (Å²) in [6.45, 7) is 6.72. The van der Waals surface area contributed by atoms with Crippen LogP contribution < -0.4 is 0 Å². The molecule has 2 aromatic carbocycles. The van der Waals surface area contributed by atoms with Crippen LogP contribution in [0.15, 0.2) is 48.5 Å². The van der Waals surface area contributed by atoms with E-state index in [2.05, 4.69) is 85.2 Å². The monoisotopic (exact) mass is 844 g/mol. The van der Waals surface area contributed by atoms with Gasteiger partial charge in [-0.05, 0) is 118 Å². The fourth-order valence-electron chi connectivity index (χ4n) is 11.6. The molecule has 0 unspecified atom stereocenters. The fraction of sp³-hybridized carbons (Fsp3) is 0.733. The maximum absolute atomic E-state index is 7.19. The van der Waals surface area contributed by atoms with Gasteiger partial charge in [-0.15, -0.1) is 0 Å². The topological polar surface area (TPSA) is 0 Å². The minimum absolute atomic E-state index is 0. The van der Waals surface area contributed by atoms with Crippen molar-refractivity contribution in [3.63, 3.8) is 0 Å². The summed E-state index contributed by atoms with van der Waals surface area (Å²) >= 11 is 1.61. The molecule has 10 rings (SSSR count). The summed E-state index contributed by atoms with van der Waals surface area (Å²) in [7, 11) is 7.19. The zero-order valence-corrected chi connectivity index (χ0v) is 35.5. The molecule has 0 atom stereocenters. The Morgan fingerprint density at radius 3 is 1.31 bits per heavy atom. The summed E-state index contributed by atoms with van der Waals surface area (Å²) in [5.41, 5.74) is 5.38. The zero-order valence-electron chi connectivity index (χ0n) is 30.3. The van der Waals surface area contributed by atoms with E-state index >= 15 is 0 Å². The van der Waals surface area contributed by atoms with Crippen LogP contribution in [0.2, 0.25) is 13.3 Å². The van der Waals surface area contributed by atoms with Crippen LogP contribution in [0.4, 0.5) is 0 Å². The SMILES string of the molecule is BrC12CC3CC(CC(C3)C1)C2.C.C1C2CC3CC1CC(C2)C3.CCC[CH2][Sn]([Cl])([CH2]CCC)[CH2]CCc1ccc(-c2ccc(C)cc2)cc1. The average molecular weight is 845 g/mol. The van der Waals surface area contributed by atoms with E-state index in [0.29, 0.717) is 4.32 Å². The summed E-state index contributed by atoms with van der Waals surface area (Å²) in [5.74, 6) is 8.00. The van der Waals surface area contributed by atoms with Gasteiger partial charge >= 0.3 is 170 Å². The Kier molecular flexibility index (Phi) is 14.8. The molecule has 8 aliphatic carbocycles. The predicted octanol–water partition coefficient (Wildman–Crippen LogP) is 15.2. The van der Waals surface area contributed by atoms with Gasteiger partial charge in [0, 0.05) is 4.32 Å². The molecule has 0 heterocycles. The molecule has 0 N–H and O–H groups in total. The van der Waals surface area contributed by atoms with Gasteiger partial charge in [0.2, 0.25) is 0 Å². The van der Waals surface area contributed by atoms with Crippen molar-refractivity contribution in [2.75, 3.05) is 0 Å². The molecule has 268 valence electrons. The van der Waals surface area contributed by atoms with Crippen LogP contribution in [-0.2, 0) is 6.42 Å². The summed E-state index contributed by atoms with van der Waals surface area (Å²) in [6.07, 6.45) is 26.5. The average Bonchev–Trinajstić information content (AvgIpc) is 3.03. The van der Waals surface area contributed by atoms with Gasteiger partial charge in [-0.2, -0.15) is 0 Å². The van der Waals surface area contributed by atoms with Gasteiger partial charge in [0.05, 0.1) is 0 Å². The third kappa shape index (κ3) is 11.0. The first-order valence-electron chi connectivity index (χ1n) is 20.2. The molecular formula is C45H70BrClSn. The summed E-state index contributed by atoms with van der Waals surface area (Å²) in [4.78, 5) is 0. The molecule has 0 nitrogen and oxygen atoms in total. The number of halogens is 2. The van der Waals surface area contributed by atoms with Crippen LogP contribution in [0.5, 0.6) is 0 Å². The number of hydrogen-bond acceptors (Lipinski definition) is 0. The summed E-state index contributed by atoms with van der Waals surface area (Å²) in [5, 5.41) is 0. The minimum atomic E-state index is -2.34. The van der Waals surface area contributed by atoms with Gasteiger partial charge in [-0.25, -0.2) is 0 Å². The van der Waals surface area contributed by atoms with Crippen molar-refractivity contribution in [1.29, 1.82) is 0 Å². The number of aryl methyl sites for hydroxylation is 2. The van der Waals surface area contributed by atoms with Crippen molar-refractivity contribution < 1.29 is 0 Å². The van der Waals surface area contributed by atoms with Crippen molar-refractivity contribution in [2.45, 2.75) is 161 Å². The molecule has 8 saturated carbocycles. The number of unbranched alkanes of at least 4 members (excludes halogenated alkanes) is 2. The molecule has 0 aromatic heterocycles. The molecule has 8 bridgehead atoms. The zero-order chi connectivity index (χ0) is 32.9. The molecule has 8 fully saturated rings. The predicted molar refractivity (Wildman–Crippen MR) is 219 cm³/mol. The maximum atomic E-state index is 7.19. The normalized spacial score (nSPS) is 32.1. The second-order valence-electron chi connectivity index (χ2n) is 17.7. The summed E-state index contributed by atoms with van der Waals surface area (Å²) < 4.78 is 4.70. The number of rotatable bonds is 11. The van der Waals surface area contributed by atoms with E-state index in [9.17, 15) is 0 Å². The molecule has 0 radical (unpaired) electrons. The molecule has 0 spiro atoms. The van der Waals surface area contributed by atoms with E-state index in [-0.39, 0.29) is 7.43 Å². The van der Waals surface area contributed by atoms with Crippen molar-refractivity contribution in [3.05, 3.63) is 59.7 Å². The van der Waals surface area contributed by atoms with Gasteiger partial charge in [-0.3, -0.25) is 0 Å². The van der Waals surface area contributed by atoms with Crippen LogP contribution in [0.3, 0.4) is 0 Å². The van der Waals surface area contributed by atoms with E-state index in [1.165, 1.54) is 117 Å². The first-order chi connectivity index (χ1) is 22.7. The van der Waals surface area contributed by atoms with Crippen molar-refractivity contribution in [3.8, 4) is 11.1 Å². The molecule has 8 aliphatic rings. The third-order valence-electron chi connectivity index (χ3n) is 13.3. The van der Waals surface area contributed by atoms with Gasteiger partial charge in [0.1, 0.15) is 0 Å². The van der Waals surface area contributed by atoms with E-state index in [0.717, 1.165) is 17.8 Å². The quantitative estimate of drug-likeness (QED) is 0.156. The summed E-state index contributed by atoms with van der Waals surface area (Å²) in [6, 6.07) is 17.9. The molecule has 48 heavy (non-hydrogen) atoms. The molecule has 3 heteroatoms. The van der Waals surface area contributed by atoms with Gasteiger partial charge in [0.15, 0.2) is 0 Å². The molecule has 0 aliphatic heterocycles. The second-order valence-corrected chi connectivity index (χ2v) is 35.6. The molecule has 0 amide bonds. The Balaban J connectivity index is 0.000000164. The van der Waals surface area contributed by atoms with Gasteiger partial charge < -0.3 is 0 Å². The van der Waals surface area contributed by atoms with Crippen molar-refractivity contribution >= 4 is 42.1 Å². The Labute approximate surface area is 313 Å². The van der Waals surface area contributed by atoms with Crippen LogP contribution >= 0.6 is 24.9 Å².